The first-order valence-electron chi connectivity index (χ1n) is 4.83. The summed E-state index contributed by atoms with van der Waals surface area (Å²) in [6.45, 7) is 2.05. The minimum Gasteiger partial charge on any atom is -0.326 e. The molecule has 1 N–H and O–H groups in total. The van der Waals surface area contributed by atoms with Crippen LogP contribution in [0.25, 0.3) is 0 Å². The molecule has 1 amide bonds. The third-order valence-corrected chi connectivity index (χ3v) is 1.76. The molecule has 2 nitrogen and oxygen atoms in total. The van der Waals surface area contributed by atoms with Gasteiger partial charge in [0.05, 0.1) is 0 Å². The number of anilines is 1. The second-order valence-electron chi connectivity index (χ2n) is 3.00. The lowest BCUT2D eigenvalue weighted by molar-refractivity contribution is -0.115. The molecular formula is C12H15NO. The van der Waals surface area contributed by atoms with Crippen LogP contribution < -0.4 is 5.32 Å². The van der Waals surface area contributed by atoms with Crippen molar-refractivity contribution in [3.8, 4) is 0 Å². The Hall–Kier alpha value is -1.57. The van der Waals surface area contributed by atoms with Gasteiger partial charge in [-0.25, -0.2) is 0 Å². The molecule has 74 valence electrons. The van der Waals surface area contributed by atoms with Crippen molar-refractivity contribution < 1.29 is 4.79 Å². The first kappa shape index (κ1) is 10.5. The second kappa shape index (κ2) is 5.97. The van der Waals surface area contributed by atoms with Crippen LogP contribution in [-0.2, 0) is 4.79 Å². The zero-order valence-corrected chi connectivity index (χ0v) is 8.36. The number of allylic oxidation sites excluding steroid dienone is 1. The van der Waals surface area contributed by atoms with Gasteiger partial charge < -0.3 is 5.32 Å². The van der Waals surface area contributed by atoms with Gasteiger partial charge in [-0.2, -0.15) is 0 Å². The largest absolute Gasteiger partial charge is 0.326 e. The molecule has 1 aromatic carbocycles. The van der Waals surface area contributed by atoms with E-state index < -0.39 is 0 Å². The maximum absolute atomic E-state index is 11.3. The smallest absolute Gasteiger partial charge is 0.228 e. The summed E-state index contributed by atoms with van der Waals surface area (Å²) in [6.07, 6.45) is 5.30. The maximum Gasteiger partial charge on any atom is 0.228 e. The molecular weight excluding hydrogens is 174 g/mol. The molecule has 14 heavy (non-hydrogen) atoms. The molecule has 0 unspecified atom stereocenters. The number of nitrogens with one attached hydrogen (secondary N) is 1. The molecule has 0 saturated heterocycles. The van der Waals surface area contributed by atoms with Crippen LogP contribution in [0, 0.1) is 0 Å². The number of carbonyl (C=O) groups excluding carboxylic acids is 1. The van der Waals surface area contributed by atoms with Gasteiger partial charge in [0.15, 0.2) is 0 Å². The van der Waals surface area contributed by atoms with Crippen molar-refractivity contribution in [2.75, 3.05) is 5.32 Å². The van der Waals surface area contributed by atoms with Crippen LogP contribution in [0.4, 0.5) is 5.69 Å². The predicted octanol–water partition coefficient (Wildman–Crippen LogP) is 2.98. The molecule has 0 radical (unpaired) electrons. The third kappa shape index (κ3) is 3.90. The van der Waals surface area contributed by atoms with Crippen molar-refractivity contribution in [2.24, 2.45) is 0 Å². The summed E-state index contributed by atoms with van der Waals surface area (Å²) in [4.78, 5) is 11.3. The topological polar surface area (TPSA) is 29.1 Å². The van der Waals surface area contributed by atoms with Crippen LogP contribution >= 0.6 is 0 Å². The molecule has 0 aliphatic heterocycles. The third-order valence-electron chi connectivity index (χ3n) is 1.76. The average Bonchev–Trinajstić information content (AvgIpc) is 2.20. The Balaban J connectivity index is 2.38. The highest BCUT2D eigenvalue weighted by Gasteiger charge is 1.97. The van der Waals surface area contributed by atoms with Gasteiger partial charge in [-0.1, -0.05) is 37.3 Å². The first-order valence-corrected chi connectivity index (χ1v) is 4.83. The monoisotopic (exact) mass is 189 g/mol. The van der Waals surface area contributed by atoms with Crippen LogP contribution in [0.1, 0.15) is 19.8 Å². The number of benzene rings is 1. The summed E-state index contributed by atoms with van der Waals surface area (Å²) in [6, 6.07) is 9.48. The van der Waals surface area contributed by atoms with Crippen molar-refractivity contribution in [2.45, 2.75) is 19.8 Å². The Morgan fingerprint density at radius 1 is 1.29 bits per heavy atom. The fourth-order valence-corrected chi connectivity index (χ4v) is 1.09. The Morgan fingerprint density at radius 2 is 2.00 bits per heavy atom. The standard InChI is InChI=1S/C12H15NO/c1-2-3-5-10-12(14)13-11-8-6-4-7-9-11/h3-9H,2,10H2,1H3,(H,13,14)/b5-3-. The van der Waals surface area contributed by atoms with Gasteiger partial charge in [0.25, 0.3) is 0 Å². The van der Waals surface area contributed by atoms with Crippen LogP contribution in [-0.4, -0.2) is 5.91 Å². The molecule has 1 aromatic rings. The normalized spacial score (nSPS) is 10.4. The SMILES string of the molecule is CC/C=C\CC(=O)Nc1ccccc1. The highest BCUT2D eigenvalue weighted by molar-refractivity contribution is 5.91. The van der Waals surface area contributed by atoms with E-state index in [0.29, 0.717) is 6.42 Å². The van der Waals surface area contributed by atoms with E-state index in [1.807, 2.05) is 49.4 Å². The van der Waals surface area contributed by atoms with E-state index in [0.717, 1.165) is 12.1 Å². The molecule has 0 aliphatic carbocycles. The van der Waals surface area contributed by atoms with Gasteiger partial charge in [0.2, 0.25) is 5.91 Å². The van der Waals surface area contributed by atoms with Gasteiger partial charge in [-0.3, -0.25) is 4.79 Å². The average molecular weight is 189 g/mol. The summed E-state index contributed by atoms with van der Waals surface area (Å²) in [7, 11) is 0. The number of rotatable bonds is 4. The molecule has 0 bridgehead atoms. The number of hydrogen-bond acceptors (Lipinski definition) is 1. The van der Waals surface area contributed by atoms with Crippen molar-refractivity contribution in [1.29, 1.82) is 0 Å². The number of hydrogen-bond donors (Lipinski definition) is 1. The van der Waals surface area contributed by atoms with Crippen LogP contribution in [0.3, 0.4) is 0 Å². The van der Waals surface area contributed by atoms with Crippen molar-refractivity contribution in [1.82, 2.24) is 0 Å². The minimum atomic E-state index is 0.0286. The molecule has 0 fully saturated rings. The summed E-state index contributed by atoms with van der Waals surface area (Å²) in [5, 5.41) is 2.81. The zero-order valence-electron chi connectivity index (χ0n) is 8.36. The van der Waals surface area contributed by atoms with Crippen LogP contribution in [0.5, 0.6) is 0 Å². The van der Waals surface area contributed by atoms with Gasteiger partial charge in [-0.15, -0.1) is 0 Å². The van der Waals surface area contributed by atoms with E-state index in [-0.39, 0.29) is 5.91 Å². The lowest BCUT2D eigenvalue weighted by Gasteiger charge is -2.01. The molecule has 0 spiro atoms. The molecule has 0 aliphatic rings. The second-order valence-corrected chi connectivity index (χ2v) is 3.00. The van der Waals surface area contributed by atoms with E-state index >= 15 is 0 Å². The number of carbonyl (C=O) groups is 1. The molecule has 0 saturated carbocycles. The van der Waals surface area contributed by atoms with Crippen molar-refractivity contribution in [3.63, 3.8) is 0 Å². The maximum atomic E-state index is 11.3. The van der Waals surface area contributed by atoms with Crippen LogP contribution in [0.2, 0.25) is 0 Å². The molecule has 0 heterocycles. The fraction of sp³-hybridized carbons (Fsp3) is 0.250. The van der Waals surface area contributed by atoms with E-state index in [4.69, 9.17) is 0 Å². The van der Waals surface area contributed by atoms with Crippen molar-refractivity contribution >= 4 is 11.6 Å². The van der Waals surface area contributed by atoms with Gasteiger partial charge in [-0.05, 0) is 18.6 Å². The van der Waals surface area contributed by atoms with Gasteiger partial charge in [0.1, 0.15) is 0 Å². The summed E-state index contributed by atoms with van der Waals surface area (Å²) in [5.74, 6) is 0.0286. The quantitative estimate of drug-likeness (QED) is 0.725. The zero-order chi connectivity index (χ0) is 10.2. The molecule has 0 atom stereocenters. The van der Waals surface area contributed by atoms with E-state index in [9.17, 15) is 4.79 Å². The highest BCUT2D eigenvalue weighted by Crippen LogP contribution is 2.05. The van der Waals surface area contributed by atoms with Crippen molar-refractivity contribution in [3.05, 3.63) is 42.5 Å². The Morgan fingerprint density at radius 3 is 2.64 bits per heavy atom. The Kier molecular flexibility index (Phi) is 4.48. The summed E-state index contributed by atoms with van der Waals surface area (Å²) >= 11 is 0. The summed E-state index contributed by atoms with van der Waals surface area (Å²) < 4.78 is 0. The van der Waals surface area contributed by atoms with E-state index in [1.54, 1.807) is 0 Å². The molecule has 1 rings (SSSR count). The minimum absolute atomic E-state index is 0.0286. The first-order chi connectivity index (χ1) is 6.83. The Labute approximate surface area is 84.6 Å². The lowest BCUT2D eigenvalue weighted by Crippen LogP contribution is -2.09. The fourth-order valence-electron chi connectivity index (χ4n) is 1.09. The van der Waals surface area contributed by atoms with Gasteiger partial charge in [0, 0.05) is 12.1 Å². The number of amides is 1. The van der Waals surface area contributed by atoms with E-state index in [2.05, 4.69) is 5.32 Å². The van der Waals surface area contributed by atoms with E-state index in [1.165, 1.54) is 0 Å². The Bertz CT molecular complexity index is 303. The highest BCUT2D eigenvalue weighted by atomic mass is 16.1. The molecule has 2 heteroatoms. The number of para-hydroxylation sites is 1. The lowest BCUT2D eigenvalue weighted by atomic mass is 10.3. The molecule has 0 aromatic heterocycles. The predicted molar refractivity (Wildman–Crippen MR) is 59.1 cm³/mol. The van der Waals surface area contributed by atoms with Gasteiger partial charge >= 0.3 is 0 Å². The summed E-state index contributed by atoms with van der Waals surface area (Å²) in [5.41, 5.74) is 0.849. The van der Waals surface area contributed by atoms with Crippen LogP contribution in [0.15, 0.2) is 42.5 Å².